The first kappa shape index (κ1) is 14.0. The molecule has 1 saturated carbocycles. The molecule has 1 amide bonds. The zero-order chi connectivity index (χ0) is 15.3. The van der Waals surface area contributed by atoms with E-state index < -0.39 is 11.9 Å². The number of hydrogen-bond acceptors (Lipinski definition) is 5. The lowest BCUT2D eigenvalue weighted by Crippen LogP contribution is -2.49. The van der Waals surface area contributed by atoms with Crippen molar-refractivity contribution in [3.63, 3.8) is 0 Å². The third-order valence-electron chi connectivity index (χ3n) is 4.32. The van der Waals surface area contributed by atoms with E-state index in [9.17, 15) is 4.79 Å². The van der Waals surface area contributed by atoms with Gasteiger partial charge in [0.05, 0.1) is 6.04 Å². The summed E-state index contributed by atoms with van der Waals surface area (Å²) in [5.74, 6) is -0.625. The quantitative estimate of drug-likeness (QED) is 0.838. The Morgan fingerprint density at radius 2 is 2.00 bits per heavy atom. The van der Waals surface area contributed by atoms with Gasteiger partial charge >= 0.3 is 6.09 Å². The molecule has 0 aromatic heterocycles. The standard InChI is InChI=1S/C16H19NO5/c1-16(2)20-13-11-8-12(14(13)21-16)22-17(11)15(18)19-9-10-6-4-3-5-7-10/h3-7,11-14H,8-9H2,1-2H3/t11?,12?,13-,14?/m0/s1. The SMILES string of the molecule is CC1(C)OC2C3CC([C@@H]2O1)N(C(=O)OCc1ccccc1)O3. The molecule has 3 aliphatic rings. The van der Waals surface area contributed by atoms with E-state index in [1.165, 1.54) is 5.06 Å². The monoisotopic (exact) mass is 305 g/mol. The number of benzene rings is 1. The van der Waals surface area contributed by atoms with Crippen molar-refractivity contribution in [1.82, 2.24) is 5.06 Å². The fourth-order valence-electron chi connectivity index (χ4n) is 3.43. The van der Waals surface area contributed by atoms with E-state index in [1.54, 1.807) is 0 Å². The van der Waals surface area contributed by atoms with Crippen LogP contribution in [0, 0.1) is 0 Å². The maximum Gasteiger partial charge on any atom is 0.434 e. The molecule has 4 rings (SSSR count). The number of ether oxygens (including phenoxy) is 3. The number of fused-ring (bicyclic) bond motifs is 5. The number of hydrogen-bond donors (Lipinski definition) is 0. The van der Waals surface area contributed by atoms with Crippen LogP contribution in [0.1, 0.15) is 25.8 Å². The topological polar surface area (TPSA) is 57.2 Å². The van der Waals surface area contributed by atoms with E-state index in [4.69, 9.17) is 19.0 Å². The van der Waals surface area contributed by atoms with E-state index in [2.05, 4.69) is 0 Å². The molecular formula is C16H19NO5. The van der Waals surface area contributed by atoms with E-state index in [0.717, 1.165) is 12.0 Å². The molecule has 6 heteroatoms. The summed E-state index contributed by atoms with van der Waals surface area (Å²) in [4.78, 5) is 17.9. The van der Waals surface area contributed by atoms with Crippen LogP contribution >= 0.6 is 0 Å². The minimum Gasteiger partial charge on any atom is -0.443 e. The summed E-state index contributed by atoms with van der Waals surface area (Å²) in [5.41, 5.74) is 0.944. The van der Waals surface area contributed by atoms with Crippen LogP contribution in [0.5, 0.6) is 0 Å². The fourth-order valence-corrected chi connectivity index (χ4v) is 3.43. The normalized spacial score (nSPS) is 34.7. The number of carbonyl (C=O) groups is 1. The van der Waals surface area contributed by atoms with Crippen molar-refractivity contribution in [3.05, 3.63) is 35.9 Å². The second-order valence-electron chi connectivity index (χ2n) is 6.38. The minimum absolute atomic E-state index is 0.0989. The minimum atomic E-state index is -0.625. The molecule has 3 fully saturated rings. The maximum absolute atomic E-state index is 12.2. The fraction of sp³-hybridized carbons (Fsp3) is 0.562. The van der Waals surface area contributed by atoms with E-state index >= 15 is 0 Å². The van der Waals surface area contributed by atoms with Gasteiger partial charge in [-0.25, -0.2) is 4.79 Å². The zero-order valence-electron chi connectivity index (χ0n) is 12.6. The first-order valence-electron chi connectivity index (χ1n) is 7.56. The molecule has 4 atom stereocenters. The predicted molar refractivity (Wildman–Crippen MR) is 75.6 cm³/mol. The lowest BCUT2D eigenvalue weighted by Gasteiger charge is -2.30. The predicted octanol–water partition coefficient (Wildman–Crippen LogP) is 2.23. The Morgan fingerprint density at radius 3 is 2.77 bits per heavy atom. The average Bonchev–Trinajstić information content (AvgIpc) is 3.14. The molecule has 22 heavy (non-hydrogen) atoms. The van der Waals surface area contributed by atoms with E-state index in [1.807, 2.05) is 44.2 Å². The molecule has 2 saturated heterocycles. The molecule has 1 aliphatic carbocycles. The molecule has 1 aromatic carbocycles. The van der Waals surface area contributed by atoms with Gasteiger partial charge in [-0.2, -0.15) is 5.06 Å². The number of carbonyl (C=O) groups excluding carboxylic acids is 1. The van der Waals surface area contributed by atoms with Gasteiger partial charge in [0, 0.05) is 6.42 Å². The summed E-state index contributed by atoms with van der Waals surface area (Å²) in [6, 6.07) is 9.43. The Bertz CT molecular complexity index is 575. The number of rotatable bonds is 2. The van der Waals surface area contributed by atoms with Crippen LogP contribution in [0.3, 0.4) is 0 Å². The van der Waals surface area contributed by atoms with Gasteiger partial charge in [-0.15, -0.1) is 0 Å². The molecule has 3 unspecified atom stereocenters. The molecule has 0 N–H and O–H groups in total. The van der Waals surface area contributed by atoms with E-state index in [-0.39, 0.29) is 31.0 Å². The van der Waals surface area contributed by atoms with Crippen molar-refractivity contribution in [1.29, 1.82) is 0 Å². The van der Waals surface area contributed by atoms with Crippen LogP contribution in [0.25, 0.3) is 0 Å². The summed E-state index contributed by atoms with van der Waals surface area (Å²) in [5, 5.41) is 1.32. The second-order valence-corrected chi connectivity index (χ2v) is 6.38. The summed E-state index contributed by atoms with van der Waals surface area (Å²) in [7, 11) is 0. The summed E-state index contributed by atoms with van der Waals surface area (Å²) in [6.45, 7) is 3.99. The lowest BCUT2D eigenvalue weighted by atomic mass is 10.2. The average molecular weight is 305 g/mol. The van der Waals surface area contributed by atoms with Gasteiger partial charge in [0.25, 0.3) is 0 Å². The van der Waals surface area contributed by atoms with E-state index in [0.29, 0.717) is 0 Å². The molecule has 0 spiro atoms. The first-order chi connectivity index (χ1) is 10.5. The highest BCUT2D eigenvalue weighted by molar-refractivity contribution is 5.67. The zero-order valence-corrected chi connectivity index (χ0v) is 12.6. The Kier molecular flexibility index (Phi) is 3.14. The number of nitrogens with zero attached hydrogens (tertiary/aromatic N) is 1. The van der Waals surface area contributed by atoms with Crippen molar-refractivity contribution in [2.75, 3.05) is 0 Å². The highest BCUT2D eigenvalue weighted by atomic mass is 16.8. The maximum atomic E-state index is 12.2. The Labute approximate surface area is 128 Å². The Balaban J connectivity index is 1.39. The van der Waals surface area contributed by atoms with Crippen LogP contribution in [-0.2, 0) is 25.7 Å². The number of hydroxylamine groups is 2. The van der Waals surface area contributed by atoms with Crippen LogP contribution in [0.4, 0.5) is 4.79 Å². The van der Waals surface area contributed by atoms with Gasteiger partial charge in [0.2, 0.25) is 0 Å². The number of amides is 1. The van der Waals surface area contributed by atoms with Crippen molar-refractivity contribution in [2.24, 2.45) is 0 Å². The molecule has 0 radical (unpaired) electrons. The van der Waals surface area contributed by atoms with Gasteiger partial charge in [0.15, 0.2) is 5.79 Å². The third kappa shape index (κ3) is 2.27. The van der Waals surface area contributed by atoms with Crippen molar-refractivity contribution in [2.45, 2.75) is 57.0 Å². The molecular weight excluding hydrogens is 286 g/mol. The smallest absolute Gasteiger partial charge is 0.434 e. The third-order valence-corrected chi connectivity index (χ3v) is 4.32. The molecule has 6 nitrogen and oxygen atoms in total. The highest BCUT2D eigenvalue weighted by Gasteiger charge is 2.62. The molecule has 118 valence electrons. The van der Waals surface area contributed by atoms with Gasteiger partial charge in [0.1, 0.15) is 24.9 Å². The van der Waals surface area contributed by atoms with Crippen LogP contribution < -0.4 is 0 Å². The van der Waals surface area contributed by atoms with Gasteiger partial charge in [-0.1, -0.05) is 30.3 Å². The van der Waals surface area contributed by atoms with Crippen LogP contribution in [0.15, 0.2) is 30.3 Å². The summed E-state index contributed by atoms with van der Waals surface area (Å²) >= 11 is 0. The van der Waals surface area contributed by atoms with Gasteiger partial charge in [-0.05, 0) is 19.4 Å². The van der Waals surface area contributed by atoms with Gasteiger partial charge < -0.3 is 14.2 Å². The van der Waals surface area contributed by atoms with Crippen molar-refractivity contribution in [3.8, 4) is 0 Å². The molecule has 2 aliphatic heterocycles. The van der Waals surface area contributed by atoms with Crippen LogP contribution in [-0.4, -0.2) is 41.3 Å². The first-order valence-corrected chi connectivity index (χ1v) is 7.56. The van der Waals surface area contributed by atoms with Crippen LogP contribution in [0.2, 0.25) is 0 Å². The highest BCUT2D eigenvalue weighted by Crippen LogP contribution is 2.46. The molecule has 2 bridgehead atoms. The summed E-state index contributed by atoms with van der Waals surface area (Å²) < 4.78 is 17.1. The lowest BCUT2D eigenvalue weighted by molar-refractivity contribution is -0.202. The second kappa shape index (κ2) is 4.94. The van der Waals surface area contributed by atoms with Crippen molar-refractivity contribution >= 4 is 6.09 Å². The largest absolute Gasteiger partial charge is 0.443 e. The molecule has 2 heterocycles. The van der Waals surface area contributed by atoms with Gasteiger partial charge in [-0.3, -0.25) is 4.84 Å². The molecule has 1 aromatic rings. The van der Waals surface area contributed by atoms with Crippen molar-refractivity contribution < 1.29 is 23.8 Å². The Morgan fingerprint density at radius 1 is 1.27 bits per heavy atom. The Hall–Kier alpha value is -1.63. The summed E-state index contributed by atoms with van der Waals surface area (Å²) in [6.07, 6.45) is -0.119.